The van der Waals surface area contributed by atoms with Crippen molar-refractivity contribution in [1.29, 1.82) is 0 Å². The number of hydrogen-bond donors (Lipinski definition) is 1. The van der Waals surface area contributed by atoms with Gasteiger partial charge in [-0.15, -0.1) is 11.3 Å². The smallest absolute Gasteiger partial charge is 0.252 e. The molecule has 1 amide bonds. The third kappa shape index (κ3) is 3.68. The number of aromatic nitrogens is 1. The fourth-order valence-corrected chi connectivity index (χ4v) is 5.82. The summed E-state index contributed by atoms with van der Waals surface area (Å²) in [5, 5.41) is 6.50. The molecule has 0 bridgehead atoms. The Morgan fingerprint density at radius 2 is 2.28 bits per heavy atom. The lowest BCUT2D eigenvalue weighted by molar-refractivity contribution is -0.117. The molecule has 2 unspecified atom stereocenters. The molecule has 3 rings (SSSR count). The molecular formula is C16H19N3O4S2. The van der Waals surface area contributed by atoms with Gasteiger partial charge in [-0.25, -0.2) is 8.42 Å². The van der Waals surface area contributed by atoms with Gasteiger partial charge >= 0.3 is 0 Å². The van der Waals surface area contributed by atoms with Gasteiger partial charge in [-0.05, 0) is 30.5 Å². The van der Waals surface area contributed by atoms with E-state index in [1.807, 2.05) is 6.92 Å². The van der Waals surface area contributed by atoms with E-state index in [0.717, 1.165) is 16.2 Å². The maximum Gasteiger partial charge on any atom is 0.252 e. The number of carbonyl (C=O) groups is 1. The molecule has 0 aliphatic carbocycles. The Labute approximate surface area is 150 Å². The van der Waals surface area contributed by atoms with Crippen LogP contribution >= 0.6 is 11.3 Å². The number of amides is 1. The first-order valence-electron chi connectivity index (χ1n) is 7.86. The summed E-state index contributed by atoms with van der Waals surface area (Å²) in [5.41, 5.74) is 0. The van der Waals surface area contributed by atoms with Gasteiger partial charge in [0, 0.05) is 25.2 Å². The molecule has 25 heavy (non-hydrogen) atoms. The van der Waals surface area contributed by atoms with Gasteiger partial charge in [-0.3, -0.25) is 4.79 Å². The van der Waals surface area contributed by atoms with Crippen molar-refractivity contribution in [2.24, 2.45) is 5.92 Å². The van der Waals surface area contributed by atoms with Crippen LogP contribution in [0.5, 0.6) is 0 Å². The number of rotatable bonds is 5. The predicted octanol–water partition coefficient (Wildman–Crippen LogP) is 2.10. The molecule has 0 aromatic carbocycles. The molecule has 0 spiro atoms. The highest BCUT2D eigenvalue weighted by atomic mass is 32.2. The average Bonchev–Trinajstić information content (AvgIpc) is 3.27. The second-order valence-corrected chi connectivity index (χ2v) is 9.19. The van der Waals surface area contributed by atoms with Gasteiger partial charge in [0.2, 0.25) is 5.91 Å². The molecule has 1 aliphatic rings. The standard InChI is InChI=1S/C16H19N3O4S2/c1-3-15(20)18-12-7-9-19(10-11(12)2)25(21,22)16-5-4-14(24-16)13-6-8-17-23-13/h3-6,8,11-12H,1,7,9-10H2,2H3,(H,18,20). The fraction of sp³-hybridized carbons (Fsp3) is 0.375. The molecule has 2 atom stereocenters. The van der Waals surface area contributed by atoms with Crippen LogP contribution in [0.25, 0.3) is 10.6 Å². The maximum absolute atomic E-state index is 12.9. The van der Waals surface area contributed by atoms with Crippen molar-refractivity contribution in [2.45, 2.75) is 23.6 Å². The summed E-state index contributed by atoms with van der Waals surface area (Å²) < 4.78 is 32.6. The summed E-state index contributed by atoms with van der Waals surface area (Å²) in [6.07, 6.45) is 3.32. The summed E-state index contributed by atoms with van der Waals surface area (Å²) in [4.78, 5) is 12.2. The monoisotopic (exact) mass is 381 g/mol. The van der Waals surface area contributed by atoms with Crippen molar-refractivity contribution in [2.75, 3.05) is 13.1 Å². The van der Waals surface area contributed by atoms with Crippen molar-refractivity contribution < 1.29 is 17.7 Å². The first kappa shape index (κ1) is 17.8. The zero-order valence-electron chi connectivity index (χ0n) is 13.7. The Hall–Kier alpha value is -1.97. The first-order valence-corrected chi connectivity index (χ1v) is 10.1. The van der Waals surface area contributed by atoms with Crippen molar-refractivity contribution in [3.8, 4) is 10.6 Å². The van der Waals surface area contributed by atoms with Gasteiger partial charge in [0.15, 0.2) is 5.76 Å². The van der Waals surface area contributed by atoms with Gasteiger partial charge in [-0.1, -0.05) is 18.7 Å². The van der Waals surface area contributed by atoms with Crippen LogP contribution in [-0.2, 0) is 14.8 Å². The Kier molecular flexibility index (Phi) is 5.07. The van der Waals surface area contributed by atoms with Gasteiger partial charge < -0.3 is 9.84 Å². The molecule has 1 fully saturated rings. The second-order valence-electron chi connectivity index (χ2n) is 5.94. The van der Waals surface area contributed by atoms with Crippen LogP contribution in [0.1, 0.15) is 13.3 Å². The number of piperidine rings is 1. The third-order valence-corrected chi connectivity index (χ3v) is 7.67. The first-order chi connectivity index (χ1) is 11.9. The summed E-state index contributed by atoms with van der Waals surface area (Å²) in [6, 6.07) is 4.95. The highest BCUT2D eigenvalue weighted by molar-refractivity contribution is 7.91. The van der Waals surface area contributed by atoms with Crippen LogP contribution in [0, 0.1) is 5.92 Å². The van der Waals surface area contributed by atoms with E-state index in [2.05, 4.69) is 17.1 Å². The maximum atomic E-state index is 12.9. The number of hydrogen-bond acceptors (Lipinski definition) is 6. The van der Waals surface area contributed by atoms with Gasteiger partial charge in [0.25, 0.3) is 10.0 Å². The summed E-state index contributed by atoms with van der Waals surface area (Å²) in [7, 11) is -3.57. The van der Waals surface area contributed by atoms with E-state index >= 15 is 0 Å². The van der Waals surface area contributed by atoms with E-state index in [9.17, 15) is 13.2 Å². The van der Waals surface area contributed by atoms with Crippen LogP contribution in [0.4, 0.5) is 0 Å². The van der Waals surface area contributed by atoms with Crippen LogP contribution in [0.3, 0.4) is 0 Å². The minimum Gasteiger partial charge on any atom is -0.355 e. The van der Waals surface area contributed by atoms with Crippen molar-refractivity contribution >= 4 is 27.3 Å². The van der Waals surface area contributed by atoms with Crippen LogP contribution < -0.4 is 5.32 Å². The fourth-order valence-electron chi connectivity index (χ4n) is 2.84. The normalized spacial score (nSPS) is 21.8. The molecule has 134 valence electrons. The molecule has 2 aromatic heterocycles. The molecule has 3 heterocycles. The lowest BCUT2D eigenvalue weighted by atomic mass is 9.95. The van der Waals surface area contributed by atoms with Crippen molar-refractivity contribution in [3.63, 3.8) is 0 Å². The lowest BCUT2D eigenvalue weighted by Gasteiger charge is -2.36. The van der Waals surface area contributed by atoms with E-state index in [-0.39, 0.29) is 22.1 Å². The Balaban J connectivity index is 1.73. The molecule has 1 aliphatic heterocycles. The summed E-state index contributed by atoms with van der Waals surface area (Å²) in [5.74, 6) is 0.329. The highest BCUT2D eigenvalue weighted by Crippen LogP contribution is 2.33. The topological polar surface area (TPSA) is 92.5 Å². The summed E-state index contributed by atoms with van der Waals surface area (Å²) >= 11 is 1.16. The lowest BCUT2D eigenvalue weighted by Crippen LogP contribution is -2.51. The minimum atomic E-state index is -3.57. The van der Waals surface area contributed by atoms with E-state index in [4.69, 9.17) is 4.52 Å². The number of nitrogens with one attached hydrogen (secondary N) is 1. The number of nitrogens with zero attached hydrogens (tertiary/aromatic N) is 2. The number of carbonyl (C=O) groups excluding carboxylic acids is 1. The predicted molar refractivity (Wildman–Crippen MR) is 94.5 cm³/mol. The zero-order chi connectivity index (χ0) is 18.0. The van der Waals surface area contributed by atoms with Gasteiger partial charge in [-0.2, -0.15) is 4.31 Å². The average molecular weight is 381 g/mol. The Bertz CT molecular complexity index is 858. The largest absolute Gasteiger partial charge is 0.355 e. The van der Waals surface area contributed by atoms with Crippen LogP contribution in [0.2, 0.25) is 0 Å². The molecule has 9 heteroatoms. The van der Waals surface area contributed by atoms with Gasteiger partial charge in [0.05, 0.1) is 11.1 Å². The van der Waals surface area contributed by atoms with Crippen LogP contribution in [-0.4, -0.2) is 42.9 Å². The molecule has 0 radical (unpaired) electrons. The number of sulfonamides is 1. The Morgan fingerprint density at radius 3 is 2.92 bits per heavy atom. The molecule has 1 N–H and O–H groups in total. The van der Waals surface area contributed by atoms with E-state index < -0.39 is 10.0 Å². The molecular weight excluding hydrogens is 362 g/mol. The highest BCUT2D eigenvalue weighted by Gasteiger charge is 2.34. The summed E-state index contributed by atoms with van der Waals surface area (Å²) in [6.45, 7) is 6.10. The van der Waals surface area contributed by atoms with E-state index in [1.165, 1.54) is 16.6 Å². The molecule has 7 nitrogen and oxygen atoms in total. The Morgan fingerprint density at radius 1 is 1.48 bits per heavy atom. The minimum absolute atomic E-state index is 0.0149. The number of thiophene rings is 1. The van der Waals surface area contributed by atoms with Crippen molar-refractivity contribution in [1.82, 2.24) is 14.8 Å². The van der Waals surface area contributed by atoms with Crippen molar-refractivity contribution in [3.05, 3.63) is 37.1 Å². The SMILES string of the molecule is C=CC(=O)NC1CCN(S(=O)(=O)c2ccc(-c3ccno3)s2)CC1C. The van der Waals surface area contributed by atoms with Crippen LogP contribution in [0.15, 0.2) is 45.8 Å². The van der Waals surface area contributed by atoms with E-state index in [0.29, 0.717) is 25.3 Å². The quantitative estimate of drug-likeness (QED) is 0.801. The molecule has 2 aromatic rings. The second kappa shape index (κ2) is 7.11. The zero-order valence-corrected chi connectivity index (χ0v) is 15.3. The molecule has 1 saturated heterocycles. The third-order valence-electron chi connectivity index (χ3n) is 4.24. The van der Waals surface area contributed by atoms with Gasteiger partial charge in [0.1, 0.15) is 4.21 Å². The molecule has 0 saturated carbocycles. The van der Waals surface area contributed by atoms with E-state index in [1.54, 1.807) is 18.2 Å².